The topological polar surface area (TPSA) is 89.1 Å². The maximum atomic E-state index is 13.0. The number of ether oxygens (including phenoxy) is 3. The molecule has 0 aliphatic carbocycles. The summed E-state index contributed by atoms with van der Waals surface area (Å²) in [5.74, 6) is 0.245. The molecule has 0 saturated heterocycles. The van der Waals surface area contributed by atoms with Crippen LogP contribution in [-0.4, -0.2) is 76.4 Å². The number of likely N-dealkylation sites (N-methyl/N-ethyl adjacent to an activating group) is 1. The van der Waals surface area contributed by atoms with E-state index in [1.54, 1.807) is 37.3 Å². The molecule has 156 valence electrons. The highest BCUT2D eigenvalue weighted by Gasteiger charge is 2.25. The molecule has 28 heavy (non-hydrogen) atoms. The van der Waals surface area contributed by atoms with Gasteiger partial charge < -0.3 is 29.7 Å². The van der Waals surface area contributed by atoms with Gasteiger partial charge in [-0.3, -0.25) is 9.59 Å². The molecule has 0 spiro atoms. The van der Waals surface area contributed by atoms with Crippen molar-refractivity contribution in [2.75, 3.05) is 52.9 Å². The zero-order valence-electron chi connectivity index (χ0n) is 17.3. The molecular formula is C20H31N3O5. The molecule has 1 aromatic rings. The number of carbonyl (C=O) groups is 2. The van der Waals surface area contributed by atoms with Gasteiger partial charge in [0, 0.05) is 52.2 Å². The van der Waals surface area contributed by atoms with Crippen LogP contribution in [0.4, 0.5) is 5.69 Å². The van der Waals surface area contributed by atoms with Crippen LogP contribution >= 0.6 is 0 Å². The minimum absolute atomic E-state index is 0.0445. The lowest BCUT2D eigenvalue weighted by molar-refractivity contribution is -0.119. The summed E-state index contributed by atoms with van der Waals surface area (Å²) in [7, 11) is 4.88. The van der Waals surface area contributed by atoms with Crippen LogP contribution in [0.15, 0.2) is 18.2 Å². The van der Waals surface area contributed by atoms with E-state index in [-0.39, 0.29) is 36.5 Å². The summed E-state index contributed by atoms with van der Waals surface area (Å²) in [5, 5.41) is 6.17. The molecule has 0 radical (unpaired) electrons. The highest BCUT2D eigenvalue weighted by atomic mass is 16.5. The van der Waals surface area contributed by atoms with Crippen LogP contribution in [0, 0.1) is 5.92 Å². The van der Waals surface area contributed by atoms with Crippen LogP contribution in [-0.2, 0) is 14.3 Å². The maximum Gasteiger partial charge on any atom is 0.257 e. The highest BCUT2D eigenvalue weighted by molar-refractivity contribution is 5.98. The Morgan fingerprint density at radius 3 is 2.79 bits per heavy atom. The molecule has 0 bridgehead atoms. The van der Waals surface area contributed by atoms with Crippen molar-refractivity contribution in [3.05, 3.63) is 23.8 Å². The number of amides is 2. The van der Waals surface area contributed by atoms with Crippen LogP contribution in [0.3, 0.4) is 0 Å². The zero-order chi connectivity index (χ0) is 20.7. The van der Waals surface area contributed by atoms with Crippen molar-refractivity contribution in [3.8, 4) is 5.75 Å². The maximum absolute atomic E-state index is 13.0. The average Bonchev–Trinajstić information content (AvgIpc) is 2.67. The van der Waals surface area contributed by atoms with E-state index in [0.717, 1.165) is 6.54 Å². The average molecular weight is 393 g/mol. The molecule has 0 saturated carbocycles. The fourth-order valence-corrected chi connectivity index (χ4v) is 3.06. The molecule has 3 atom stereocenters. The zero-order valence-corrected chi connectivity index (χ0v) is 17.3. The third-order valence-electron chi connectivity index (χ3n) is 4.79. The van der Waals surface area contributed by atoms with Gasteiger partial charge in [-0.15, -0.1) is 0 Å². The first-order valence-electron chi connectivity index (χ1n) is 9.43. The number of anilines is 1. The summed E-state index contributed by atoms with van der Waals surface area (Å²) in [5.41, 5.74) is 0.995. The Bertz CT molecular complexity index is 682. The second-order valence-corrected chi connectivity index (χ2v) is 7.25. The number of fused-ring (bicyclic) bond motifs is 1. The van der Waals surface area contributed by atoms with Gasteiger partial charge in [0.15, 0.2) is 0 Å². The van der Waals surface area contributed by atoms with Crippen molar-refractivity contribution in [1.82, 2.24) is 10.2 Å². The minimum atomic E-state index is -0.272. The molecule has 0 aromatic heterocycles. The minimum Gasteiger partial charge on any atom is -0.491 e. The molecule has 2 N–H and O–H groups in total. The third kappa shape index (κ3) is 5.92. The van der Waals surface area contributed by atoms with Crippen LogP contribution in [0.2, 0.25) is 0 Å². The number of hydrogen-bond donors (Lipinski definition) is 2. The number of hydrogen-bond acceptors (Lipinski definition) is 6. The molecular weight excluding hydrogens is 362 g/mol. The van der Waals surface area contributed by atoms with Crippen LogP contribution < -0.4 is 15.4 Å². The van der Waals surface area contributed by atoms with E-state index in [4.69, 9.17) is 14.2 Å². The van der Waals surface area contributed by atoms with Gasteiger partial charge in [-0.1, -0.05) is 6.92 Å². The molecule has 1 aromatic carbocycles. The predicted molar refractivity (Wildman–Crippen MR) is 107 cm³/mol. The van der Waals surface area contributed by atoms with Crippen molar-refractivity contribution < 1.29 is 23.8 Å². The molecule has 2 amide bonds. The third-order valence-corrected chi connectivity index (χ3v) is 4.79. The largest absolute Gasteiger partial charge is 0.491 e. The Kier molecular flexibility index (Phi) is 8.22. The predicted octanol–water partition coefficient (Wildman–Crippen LogP) is 1.37. The van der Waals surface area contributed by atoms with Gasteiger partial charge in [-0.2, -0.15) is 0 Å². The summed E-state index contributed by atoms with van der Waals surface area (Å²) >= 11 is 0. The van der Waals surface area contributed by atoms with Gasteiger partial charge in [0.05, 0.1) is 11.7 Å². The molecule has 8 nitrogen and oxygen atoms in total. The Morgan fingerprint density at radius 1 is 1.36 bits per heavy atom. The summed E-state index contributed by atoms with van der Waals surface area (Å²) < 4.78 is 16.4. The second-order valence-electron chi connectivity index (χ2n) is 7.25. The van der Waals surface area contributed by atoms with Crippen molar-refractivity contribution >= 4 is 17.5 Å². The number of benzene rings is 1. The van der Waals surface area contributed by atoms with Crippen LogP contribution in [0.5, 0.6) is 5.75 Å². The number of nitrogens with zero attached hydrogens (tertiary/aromatic N) is 1. The lowest BCUT2D eigenvalue weighted by Crippen LogP contribution is -2.44. The van der Waals surface area contributed by atoms with E-state index in [0.29, 0.717) is 30.2 Å². The van der Waals surface area contributed by atoms with E-state index < -0.39 is 0 Å². The van der Waals surface area contributed by atoms with Crippen molar-refractivity contribution in [1.29, 1.82) is 0 Å². The van der Waals surface area contributed by atoms with E-state index >= 15 is 0 Å². The summed E-state index contributed by atoms with van der Waals surface area (Å²) in [4.78, 5) is 26.4. The number of methoxy groups -OCH3 is 2. The summed E-state index contributed by atoms with van der Waals surface area (Å²) in [6.45, 7) is 5.70. The Balaban J connectivity index is 2.31. The summed E-state index contributed by atoms with van der Waals surface area (Å²) in [6, 6.07) is 5.12. The number of nitrogens with one attached hydrogen (secondary N) is 2. The first-order valence-corrected chi connectivity index (χ1v) is 9.43. The van der Waals surface area contributed by atoms with E-state index in [1.807, 2.05) is 6.92 Å². The van der Waals surface area contributed by atoms with Crippen molar-refractivity contribution in [2.45, 2.75) is 26.0 Å². The highest BCUT2D eigenvalue weighted by Crippen LogP contribution is 2.26. The molecule has 1 aliphatic rings. The Hall–Kier alpha value is -2.16. The van der Waals surface area contributed by atoms with E-state index in [9.17, 15) is 9.59 Å². The first-order chi connectivity index (χ1) is 13.3. The van der Waals surface area contributed by atoms with Crippen LogP contribution in [0.1, 0.15) is 24.2 Å². The van der Waals surface area contributed by atoms with Crippen molar-refractivity contribution in [3.63, 3.8) is 0 Å². The lowest BCUT2D eigenvalue weighted by Gasteiger charge is -2.30. The second kappa shape index (κ2) is 10.4. The van der Waals surface area contributed by atoms with E-state index in [1.165, 1.54) is 7.11 Å². The van der Waals surface area contributed by atoms with Gasteiger partial charge in [-0.25, -0.2) is 0 Å². The number of carbonyl (C=O) groups excluding carboxylic acids is 2. The normalized spacial score (nSPS) is 23.8. The Morgan fingerprint density at radius 2 is 2.11 bits per heavy atom. The smallest absolute Gasteiger partial charge is 0.257 e. The molecule has 0 fully saturated rings. The monoisotopic (exact) mass is 393 g/mol. The quantitative estimate of drug-likeness (QED) is 0.803. The van der Waals surface area contributed by atoms with Gasteiger partial charge in [0.1, 0.15) is 19.0 Å². The molecule has 8 heteroatoms. The lowest BCUT2D eigenvalue weighted by atomic mass is 10.0. The van der Waals surface area contributed by atoms with Gasteiger partial charge >= 0.3 is 0 Å². The number of rotatable bonds is 4. The van der Waals surface area contributed by atoms with E-state index in [2.05, 4.69) is 17.6 Å². The Labute approximate surface area is 166 Å². The molecule has 1 aliphatic heterocycles. The first kappa shape index (κ1) is 22.1. The summed E-state index contributed by atoms with van der Waals surface area (Å²) in [6.07, 6.45) is -0.0787. The standard InChI is InChI=1S/C20H31N3O5/c1-13-9-21-14(2)11-28-17-8-15(22-19(24)12-26-4)6-7-16(17)20(25)23(3)10-18(13)27-5/h6-8,13-14,18,21H,9-12H2,1-5H3,(H,22,24)/t13-,14-,18-/m1/s1. The fourth-order valence-electron chi connectivity index (χ4n) is 3.06. The van der Waals surface area contributed by atoms with Crippen molar-refractivity contribution in [2.24, 2.45) is 5.92 Å². The van der Waals surface area contributed by atoms with Gasteiger partial charge in [-0.05, 0) is 25.0 Å². The SMILES string of the molecule is COCC(=O)Nc1ccc2c(c1)OC[C@@H](C)NC[C@@H](C)[C@H](OC)CN(C)C2=O. The van der Waals surface area contributed by atoms with Gasteiger partial charge in [0.25, 0.3) is 5.91 Å². The molecule has 0 unspecified atom stereocenters. The van der Waals surface area contributed by atoms with Crippen LogP contribution in [0.25, 0.3) is 0 Å². The fraction of sp³-hybridized carbons (Fsp3) is 0.600. The van der Waals surface area contributed by atoms with Gasteiger partial charge in [0.2, 0.25) is 5.91 Å². The molecule has 1 heterocycles. The molecule has 2 rings (SSSR count).